The molecule has 0 amide bonds. The third kappa shape index (κ3) is 4.09. The van der Waals surface area contributed by atoms with Crippen molar-refractivity contribution < 1.29 is 10.2 Å². The Morgan fingerprint density at radius 2 is 1.93 bits per heavy atom. The maximum atomic E-state index is 9.88. The van der Waals surface area contributed by atoms with Crippen molar-refractivity contribution >= 4 is 0 Å². The first-order valence-electron chi connectivity index (χ1n) is 6.18. The molecular formula is C12H25NO2. The van der Waals surface area contributed by atoms with Crippen LogP contribution >= 0.6 is 0 Å². The fourth-order valence-corrected chi connectivity index (χ4v) is 2.39. The lowest BCUT2D eigenvalue weighted by atomic mass is 9.86. The second kappa shape index (κ2) is 6.46. The number of hydrogen-bond donors (Lipinski definition) is 2. The Kier molecular flexibility index (Phi) is 5.58. The van der Waals surface area contributed by atoms with Crippen molar-refractivity contribution in [3.05, 3.63) is 0 Å². The fraction of sp³-hybridized carbons (Fsp3) is 1.00. The molecule has 0 saturated heterocycles. The van der Waals surface area contributed by atoms with Crippen LogP contribution in [0, 0.1) is 5.92 Å². The summed E-state index contributed by atoms with van der Waals surface area (Å²) in [5, 5.41) is 18.9. The van der Waals surface area contributed by atoms with Crippen LogP contribution in [0.25, 0.3) is 0 Å². The molecule has 1 rings (SSSR count). The quantitative estimate of drug-likeness (QED) is 0.725. The molecule has 0 aromatic rings. The highest BCUT2D eigenvalue weighted by Gasteiger charge is 2.25. The Morgan fingerprint density at radius 1 is 1.27 bits per heavy atom. The van der Waals surface area contributed by atoms with Crippen LogP contribution in [-0.4, -0.2) is 47.0 Å². The zero-order valence-electron chi connectivity index (χ0n) is 10.0. The molecule has 1 saturated carbocycles. The molecular weight excluding hydrogens is 190 g/mol. The predicted octanol–water partition coefficient (Wildman–Crippen LogP) is 1.24. The minimum atomic E-state index is -0.126. The molecule has 15 heavy (non-hydrogen) atoms. The molecule has 0 heterocycles. The summed E-state index contributed by atoms with van der Waals surface area (Å²) in [6.07, 6.45) is 4.37. The lowest BCUT2D eigenvalue weighted by Crippen LogP contribution is -2.41. The SMILES string of the molecule is CC(C)N(CCO)CC1CCCCC1O. The molecule has 0 spiro atoms. The second-order valence-electron chi connectivity index (χ2n) is 4.92. The van der Waals surface area contributed by atoms with E-state index in [2.05, 4.69) is 18.7 Å². The summed E-state index contributed by atoms with van der Waals surface area (Å²) in [6.45, 7) is 6.15. The Morgan fingerprint density at radius 3 is 2.47 bits per heavy atom. The standard InChI is InChI=1S/C12H25NO2/c1-10(2)13(7-8-14)9-11-5-3-4-6-12(11)15/h10-12,14-15H,3-9H2,1-2H3. The van der Waals surface area contributed by atoms with Crippen LogP contribution in [0.5, 0.6) is 0 Å². The molecule has 0 bridgehead atoms. The zero-order chi connectivity index (χ0) is 11.3. The maximum absolute atomic E-state index is 9.88. The van der Waals surface area contributed by atoms with E-state index in [0.717, 1.165) is 25.9 Å². The molecule has 90 valence electrons. The number of aliphatic hydroxyl groups is 2. The highest BCUT2D eigenvalue weighted by Crippen LogP contribution is 2.25. The topological polar surface area (TPSA) is 43.7 Å². The third-order valence-electron chi connectivity index (χ3n) is 3.46. The van der Waals surface area contributed by atoms with Gasteiger partial charge in [-0.05, 0) is 32.6 Å². The van der Waals surface area contributed by atoms with Gasteiger partial charge in [-0.25, -0.2) is 0 Å². The van der Waals surface area contributed by atoms with E-state index in [1.165, 1.54) is 12.8 Å². The van der Waals surface area contributed by atoms with Gasteiger partial charge in [-0.3, -0.25) is 4.90 Å². The van der Waals surface area contributed by atoms with E-state index in [0.29, 0.717) is 12.0 Å². The molecule has 2 N–H and O–H groups in total. The van der Waals surface area contributed by atoms with Crippen LogP contribution in [0.15, 0.2) is 0 Å². The van der Waals surface area contributed by atoms with Crippen LogP contribution in [0.4, 0.5) is 0 Å². The van der Waals surface area contributed by atoms with E-state index in [1.807, 2.05) is 0 Å². The van der Waals surface area contributed by atoms with Crippen molar-refractivity contribution in [2.75, 3.05) is 19.7 Å². The number of nitrogens with zero attached hydrogens (tertiary/aromatic N) is 1. The average molecular weight is 215 g/mol. The van der Waals surface area contributed by atoms with E-state index in [9.17, 15) is 5.11 Å². The van der Waals surface area contributed by atoms with Crippen molar-refractivity contribution in [3.63, 3.8) is 0 Å². The van der Waals surface area contributed by atoms with Crippen LogP contribution in [-0.2, 0) is 0 Å². The van der Waals surface area contributed by atoms with Gasteiger partial charge in [0.25, 0.3) is 0 Å². The molecule has 2 atom stereocenters. The minimum absolute atomic E-state index is 0.126. The van der Waals surface area contributed by atoms with Crippen molar-refractivity contribution in [2.24, 2.45) is 5.92 Å². The summed E-state index contributed by atoms with van der Waals surface area (Å²) in [5.41, 5.74) is 0. The van der Waals surface area contributed by atoms with Gasteiger partial charge in [0, 0.05) is 19.1 Å². The Hall–Kier alpha value is -0.120. The van der Waals surface area contributed by atoms with Crippen LogP contribution < -0.4 is 0 Å². The summed E-state index contributed by atoms with van der Waals surface area (Å²) in [6, 6.07) is 0.450. The van der Waals surface area contributed by atoms with Crippen molar-refractivity contribution in [3.8, 4) is 0 Å². The van der Waals surface area contributed by atoms with Crippen molar-refractivity contribution in [1.29, 1.82) is 0 Å². The van der Waals surface area contributed by atoms with Gasteiger partial charge in [-0.1, -0.05) is 12.8 Å². The number of aliphatic hydroxyl groups excluding tert-OH is 2. The van der Waals surface area contributed by atoms with Gasteiger partial charge in [0.05, 0.1) is 12.7 Å². The first-order valence-corrected chi connectivity index (χ1v) is 6.18. The Labute approximate surface area is 93.1 Å². The van der Waals surface area contributed by atoms with Gasteiger partial charge >= 0.3 is 0 Å². The summed E-state index contributed by atoms with van der Waals surface area (Å²) in [5.74, 6) is 0.410. The Bertz CT molecular complexity index is 171. The second-order valence-corrected chi connectivity index (χ2v) is 4.92. The fourth-order valence-electron chi connectivity index (χ4n) is 2.39. The lowest BCUT2D eigenvalue weighted by Gasteiger charge is -2.34. The van der Waals surface area contributed by atoms with Crippen molar-refractivity contribution in [1.82, 2.24) is 4.90 Å². The summed E-state index contributed by atoms with van der Waals surface area (Å²) in [7, 11) is 0. The van der Waals surface area contributed by atoms with Gasteiger partial charge in [0.1, 0.15) is 0 Å². The van der Waals surface area contributed by atoms with Crippen molar-refractivity contribution in [2.45, 2.75) is 51.7 Å². The molecule has 1 fully saturated rings. The number of hydrogen-bond acceptors (Lipinski definition) is 3. The Balaban J connectivity index is 2.41. The van der Waals surface area contributed by atoms with E-state index < -0.39 is 0 Å². The molecule has 3 nitrogen and oxygen atoms in total. The van der Waals surface area contributed by atoms with E-state index in [1.54, 1.807) is 0 Å². The largest absolute Gasteiger partial charge is 0.395 e. The maximum Gasteiger partial charge on any atom is 0.0580 e. The summed E-state index contributed by atoms with van der Waals surface area (Å²) >= 11 is 0. The van der Waals surface area contributed by atoms with E-state index >= 15 is 0 Å². The van der Waals surface area contributed by atoms with Gasteiger partial charge in [-0.15, -0.1) is 0 Å². The predicted molar refractivity (Wildman–Crippen MR) is 61.8 cm³/mol. The van der Waals surface area contributed by atoms with Crippen LogP contribution in [0.2, 0.25) is 0 Å². The highest BCUT2D eigenvalue weighted by atomic mass is 16.3. The monoisotopic (exact) mass is 215 g/mol. The molecule has 0 aromatic carbocycles. The van der Waals surface area contributed by atoms with Gasteiger partial charge in [0.2, 0.25) is 0 Å². The van der Waals surface area contributed by atoms with Gasteiger partial charge < -0.3 is 10.2 Å². The first kappa shape index (κ1) is 12.9. The van der Waals surface area contributed by atoms with E-state index in [-0.39, 0.29) is 12.7 Å². The number of rotatable bonds is 5. The highest BCUT2D eigenvalue weighted by molar-refractivity contribution is 4.78. The smallest absolute Gasteiger partial charge is 0.0580 e. The van der Waals surface area contributed by atoms with Gasteiger partial charge in [-0.2, -0.15) is 0 Å². The molecule has 0 radical (unpaired) electrons. The molecule has 2 unspecified atom stereocenters. The third-order valence-corrected chi connectivity index (χ3v) is 3.46. The zero-order valence-corrected chi connectivity index (χ0v) is 10.0. The van der Waals surface area contributed by atoms with Crippen LogP contribution in [0.1, 0.15) is 39.5 Å². The molecule has 0 aromatic heterocycles. The normalized spacial score (nSPS) is 27.6. The average Bonchev–Trinajstić information content (AvgIpc) is 2.20. The van der Waals surface area contributed by atoms with E-state index in [4.69, 9.17) is 5.11 Å². The molecule has 0 aliphatic heterocycles. The summed E-state index contributed by atoms with van der Waals surface area (Å²) < 4.78 is 0. The first-order chi connectivity index (χ1) is 7.15. The molecule has 1 aliphatic rings. The van der Waals surface area contributed by atoms with Gasteiger partial charge in [0.15, 0.2) is 0 Å². The van der Waals surface area contributed by atoms with Crippen LogP contribution in [0.3, 0.4) is 0 Å². The lowest BCUT2D eigenvalue weighted by molar-refractivity contribution is 0.0350. The summed E-state index contributed by atoms with van der Waals surface area (Å²) in [4.78, 5) is 2.26. The molecule has 3 heteroatoms. The minimum Gasteiger partial charge on any atom is -0.395 e. The molecule has 1 aliphatic carbocycles.